The molecule has 21 heavy (non-hydrogen) atoms. The van der Waals surface area contributed by atoms with E-state index in [9.17, 15) is 8.42 Å². The van der Waals surface area contributed by atoms with E-state index in [1.165, 1.54) is 4.31 Å². The van der Waals surface area contributed by atoms with E-state index in [-0.39, 0.29) is 6.04 Å². The van der Waals surface area contributed by atoms with Crippen LogP contribution in [0.25, 0.3) is 0 Å². The highest BCUT2D eigenvalue weighted by Gasteiger charge is 2.33. The monoisotopic (exact) mass is 319 g/mol. The molecular formula is C15H33N3O2S. The molecule has 0 amide bonds. The molecule has 0 spiro atoms. The Labute approximate surface area is 131 Å². The van der Waals surface area contributed by atoms with Gasteiger partial charge >= 0.3 is 0 Å². The minimum absolute atomic E-state index is 0.0235. The molecule has 0 saturated carbocycles. The molecule has 0 aromatic carbocycles. The molecule has 0 aromatic rings. The first-order chi connectivity index (χ1) is 9.66. The summed E-state index contributed by atoms with van der Waals surface area (Å²) in [5.74, 6) is 0.907. The van der Waals surface area contributed by atoms with Crippen LogP contribution in [-0.2, 0) is 10.2 Å². The van der Waals surface area contributed by atoms with Crippen molar-refractivity contribution in [3.63, 3.8) is 0 Å². The zero-order chi connectivity index (χ0) is 16.2. The van der Waals surface area contributed by atoms with Crippen molar-refractivity contribution in [1.82, 2.24) is 13.9 Å². The number of piperidine rings is 1. The fourth-order valence-electron chi connectivity index (χ4n) is 2.56. The van der Waals surface area contributed by atoms with Crippen molar-refractivity contribution in [3.05, 3.63) is 0 Å². The first-order valence-corrected chi connectivity index (χ1v) is 9.52. The quantitative estimate of drug-likeness (QED) is 0.780. The van der Waals surface area contributed by atoms with Gasteiger partial charge in [-0.1, -0.05) is 27.7 Å². The predicted octanol–water partition coefficient (Wildman–Crippen LogP) is 1.92. The molecule has 1 rings (SSSR count). The summed E-state index contributed by atoms with van der Waals surface area (Å²) < 4.78 is 28.5. The number of rotatable bonds is 7. The SMILES string of the molecule is CC(C)NCC1CCN(S(=O)(=O)N(C)C(C)C(C)C)CC1. The van der Waals surface area contributed by atoms with Gasteiger partial charge in [-0.05, 0) is 38.1 Å². The van der Waals surface area contributed by atoms with Gasteiger partial charge in [-0.2, -0.15) is 17.0 Å². The second-order valence-electron chi connectivity index (χ2n) is 6.91. The van der Waals surface area contributed by atoms with E-state index < -0.39 is 10.2 Å². The summed E-state index contributed by atoms with van der Waals surface area (Å²) in [5.41, 5.74) is 0. The smallest absolute Gasteiger partial charge is 0.281 e. The van der Waals surface area contributed by atoms with Gasteiger partial charge in [-0.15, -0.1) is 0 Å². The summed E-state index contributed by atoms with van der Waals surface area (Å²) in [6.45, 7) is 12.6. The minimum atomic E-state index is -3.31. The second-order valence-corrected chi connectivity index (χ2v) is 8.90. The molecule has 1 N–H and O–H groups in total. The Balaban J connectivity index is 2.56. The van der Waals surface area contributed by atoms with Crippen molar-refractivity contribution in [2.75, 3.05) is 26.7 Å². The van der Waals surface area contributed by atoms with Crippen LogP contribution >= 0.6 is 0 Å². The zero-order valence-electron chi connectivity index (χ0n) is 14.5. The van der Waals surface area contributed by atoms with Gasteiger partial charge in [0, 0.05) is 32.2 Å². The van der Waals surface area contributed by atoms with Crippen molar-refractivity contribution >= 4 is 10.2 Å². The molecule has 1 atom stereocenters. The minimum Gasteiger partial charge on any atom is -0.314 e. The van der Waals surface area contributed by atoms with E-state index in [4.69, 9.17) is 0 Å². The maximum Gasteiger partial charge on any atom is 0.281 e. The predicted molar refractivity (Wildman–Crippen MR) is 88.4 cm³/mol. The van der Waals surface area contributed by atoms with Crippen molar-refractivity contribution in [2.24, 2.45) is 11.8 Å². The molecular weight excluding hydrogens is 286 g/mol. The third-order valence-corrected chi connectivity index (χ3v) is 6.69. The summed E-state index contributed by atoms with van der Waals surface area (Å²) in [4.78, 5) is 0. The summed E-state index contributed by atoms with van der Waals surface area (Å²) in [6.07, 6.45) is 1.89. The summed E-state index contributed by atoms with van der Waals surface area (Å²) in [7, 11) is -1.61. The molecule has 1 unspecified atom stereocenters. The zero-order valence-corrected chi connectivity index (χ0v) is 15.3. The lowest BCUT2D eigenvalue weighted by molar-refractivity contribution is 0.233. The highest BCUT2D eigenvalue weighted by Crippen LogP contribution is 2.22. The van der Waals surface area contributed by atoms with E-state index in [2.05, 4.69) is 33.0 Å². The summed E-state index contributed by atoms with van der Waals surface area (Å²) >= 11 is 0. The Bertz CT molecular complexity index is 401. The number of hydrogen-bond donors (Lipinski definition) is 1. The third-order valence-electron chi connectivity index (χ3n) is 4.62. The van der Waals surface area contributed by atoms with Crippen molar-refractivity contribution in [3.8, 4) is 0 Å². The fourth-order valence-corrected chi connectivity index (χ4v) is 4.26. The highest BCUT2D eigenvalue weighted by atomic mass is 32.2. The maximum absolute atomic E-state index is 12.6. The van der Waals surface area contributed by atoms with Crippen LogP contribution in [0.15, 0.2) is 0 Å². The van der Waals surface area contributed by atoms with Gasteiger partial charge in [0.25, 0.3) is 10.2 Å². The molecule has 1 heterocycles. The number of nitrogens with zero attached hydrogens (tertiary/aromatic N) is 2. The Morgan fingerprint density at radius 2 is 1.67 bits per heavy atom. The molecule has 0 aromatic heterocycles. The lowest BCUT2D eigenvalue weighted by atomic mass is 9.98. The van der Waals surface area contributed by atoms with E-state index in [1.54, 1.807) is 11.4 Å². The van der Waals surface area contributed by atoms with Crippen molar-refractivity contribution in [2.45, 2.75) is 59.5 Å². The standard InChI is InChI=1S/C15H33N3O2S/c1-12(2)14(5)17(6)21(19,20)18-9-7-15(8-10-18)11-16-13(3)4/h12-16H,7-11H2,1-6H3. The third kappa shape index (κ3) is 5.20. The Hall–Kier alpha value is -0.170. The van der Waals surface area contributed by atoms with Crippen LogP contribution in [0.3, 0.4) is 0 Å². The number of nitrogens with one attached hydrogen (secondary N) is 1. The Morgan fingerprint density at radius 3 is 2.10 bits per heavy atom. The largest absolute Gasteiger partial charge is 0.314 e. The van der Waals surface area contributed by atoms with E-state index >= 15 is 0 Å². The van der Waals surface area contributed by atoms with Crippen molar-refractivity contribution < 1.29 is 8.42 Å². The van der Waals surface area contributed by atoms with Crippen LogP contribution in [0.4, 0.5) is 0 Å². The van der Waals surface area contributed by atoms with Gasteiger partial charge in [0.05, 0.1) is 0 Å². The molecule has 0 radical (unpaired) electrons. The average Bonchev–Trinajstić information content (AvgIpc) is 2.43. The fraction of sp³-hybridized carbons (Fsp3) is 1.00. The highest BCUT2D eigenvalue weighted by molar-refractivity contribution is 7.86. The van der Waals surface area contributed by atoms with Gasteiger partial charge < -0.3 is 5.32 Å². The molecule has 0 bridgehead atoms. The number of hydrogen-bond acceptors (Lipinski definition) is 3. The van der Waals surface area contributed by atoms with Gasteiger partial charge in [-0.3, -0.25) is 0 Å². The molecule has 5 nitrogen and oxygen atoms in total. The first-order valence-electron chi connectivity index (χ1n) is 8.12. The molecule has 126 valence electrons. The molecule has 1 fully saturated rings. The van der Waals surface area contributed by atoms with E-state index in [1.807, 2.05) is 6.92 Å². The molecule has 1 aliphatic heterocycles. The summed E-state index contributed by atoms with van der Waals surface area (Å²) in [6, 6.07) is 0.514. The normalized spacial score (nSPS) is 20.6. The second kappa shape index (κ2) is 7.90. The lowest BCUT2D eigenvalue weighted by Gasteiger charge is -2.36. The molecule has 1 aliphatic rings. The van der Waals surface area contributed by atoms with Crippen LogP contribution in [0, 0.1) is 11.8 Å². The van der Waals surface area contributed by atoms with E-state index in [0.29, 0.717) is 31.0 Å². The van der Waals surface area contributed by atoms with Crippen LogP contribution in [0.5, 0.6) is 0 Å². The van der Waals surface area contributed by atoms with E-state index in [0.717, 1.165) is 19.4 Å². The maximum atomic E-state index is 12.6. The van der Waals surface area contributed by atoms with Crippen LogP contribution < -0.4 is 5.32 Å². The molecule has 1 saturated heterocycles. The first kappa shape index (κ1) is 18.9. The van der Waals surface area contributed by atoms with Gasteiger partial charge in [0.2, 0.25) is 0 Å². The Morgan fingerprint density at radius 1 is 1.14 bits per heavy atom. The molecule has 0 aliphatic carbocycles. The lowest BCUT2D eigenvalue weighted by Crippen LogP contribution is -2.50. The summed E-state index contributed by atoms with van der Waals surface area (Å²) in [5, 5.41) is 3.45. The Kier molecular flexibility index (Phi) is 7.10. The van der Waals surface area contributed by atoms with Crippen molar-refractivity contribution in [1.29, 1.82) is 0 Å². The molecule has 6 heteroatoms. The topological polar surface area (TPSA) is 52.7 Å². The van der Waals surface area contributed by atoms with Gasteiger partial charge in [0.15, 0.2) is 0 Å². The van der Waals surface area contributed by atoms with Gasteiger partial charge in [0.1, 0.15) is 0 Å². The van der Waals surface area contributed by atoms with Crippen LogP contribution in [0.2, 0.25) is 0 Å². The average molecular weight is 320 g/mol. The van der Waals surface area contributed by atoms with Crippen LogP contribution in [0.1, 0.15) is 47.5 Å². The van der Waals surface area contributed by atoms with Gasteiger partial charge in [-0.25, -0.2) is 0 Å². The van der Waals surface area contributed by atoms with Crippen LogP contribution in [-0.4, -0.2) is 55.8 Å².